The smallest absolute Gasteiger partial charge is 0.255 e. The number of amides is 1. The van der Waals surface area contributed by atoms with Crippen molar-refractivity contribution in [1.29, 1.82) is 0 Å². The van der Waals surface area contributed by atoms with Gasteiger partial charge in [-0.1, -0.05) is 17.7 Å². The first-order valence-electron chi connectivity index (χ1n) is 9.31. The Bertz CT molecular complexity index is 1030. The molecule has 1 saturated heterocycles. The van der Waals surface area contributed by atoms with E-state index < -0.39 is 0 Å². The van der Waals surface area contributed by atoms with Crippen molar-refractivity contribution >= 4 is 23.3 Å². The number of anilines is 1. The van der Waals surface area contributed by atoms with E-state index >= 15 is 0 Å². The number of aromatic nitrogens is 2. The SMILES string of the molecule is Cc1nccc(-c2ccc(C(=O)N3CCCC3)c(Cl)c2)c1-c1ccc(N)nc1. The lowest BCUT2D eigenvalue weighted by atomic mass is 9.94. The molecular weight excluding hydrogens is 372 g/mol. The van der Waals surface area contributed by atoms with E-state index in [1.54, 1.807) is 18.5 Å². The molecule has 142 valence electrons. The van der Waals surface area contributed by atoms with Gasteiger partial charge in [-0.15, -0.1) is 0 Å². The molecule has 0 unspecified atom stereocenters. The molecule has 6 heteroatoms. The molecule has 28 heavy (non-hydrogen) atoms. The summed E-state index contributed by atoms with van der Waals surface area (Å²) < 4.78 is 0. The van der Waals surface area contributed by atoms with Gasteiger partial charge in [0.1, 0.15) is 5.82 Å². The number of hydrogen-bond donors (Lipinski definition) is 1. The molecule has 0 spiro atoms. The summed E-state index contributed by atoms with van der Waals surface area (Å²) in [4.78, 5) is 23.2. The number of nitrogens with two attached hydrogens (primary N) is 1. The Hall–Kier alpha value is -2.92. The van der Waals surface area contributed by atoms with Crippen molar-refractivity contribution in [1.82, 2.24) is 14.9 Å². The maximum atomic E-state index is 12.7. The zero-order chi connectivity index (χ0) is 19.7. The first-order valence-corrected chi connectivity index (χ1v) is 9.69. The van der Waals surface area contributed by atoms with Crippen molar-refractivity contribution in [2.75, 3.05) is 18.8 Å². The quantitative estimate of drug-likeness (QED) is 0.707. The molecule has 1 amide bonds. The summed E-state index contributed by atoms with van der Waals surface area (Å²) in [6, 6.07) is 11.3. The van der Waals surface area contributed by atoms with Gasteiger partial charge >= 0.3 is 0 Å². The Morgan fingerprint density at radius 2 is 1.82 bits per heavy atom. The Morgan fingerprint density at radius 3 is 2.50 bits per heavy atom. The highest BCUT2D eigenvalue weighted by Crippen LogP contribution is 2.35. The fraction of sp³-hybridized carbons (Fsp3) is 0.227. The summed E-state index contributed by atoms with van der Waals surface area (Å²) in [6.45, 7) is 3.56. The van der Waals surface area contributed by atoms with Crippen molar-refractivity contribution in [3.8, 4) is 22.3 Å². The van der Waals surface area contributed by atoms with Crippen molar-refractivity contribution in [3.05, 3.63) is 65.1 Å². The normalized spacial score (nSPS) is 13.7. The molecule has 5 nitrogen and oxygen atoms in total. The van der Waals surface area contributed by atoms with Crippen molar-refractivity contribution in [2.45, 2.75) is 19.8 Å². The second-order valence-corrected chi connectivity index (χ2v) is 7.39. The van der Waals surface area contributed by atoms with Gasteiger partial charge in [-0.2, -0.15) is 0 Å². The van der Waals surface area contributed by atoms with Crippen LogP contribution in [0.3, 0.4) is 0 Å². The number of nitrogens with zero attached hydrogens (tertiary/aromatic N) is 3. The van der Waals surface area contributed by atoms with Crippen LogP contribution >= 0.6 is 11.6 Å². The second-order valence-electron chi connectivity index (χ2n) is 6.98. The van der Waals surface area contributed by atoms with E-state index in [2.05, 4.69) is 9.97 Å². The third-order valence-electron chi connectivity index (χ3n) is 5.12. The highest BCUT2D eigenvalue weighted by atomic mass is 35.5. The molecule has 1 aromatic carbocycles. The maximum Gasteiger partial charge on any atom is 0.255 e. The molecule has 3 aromatic rings. The number of carbonyl (C=O) groups excluding carboxylic acids is 1. The average Bonchev–Trinajstić information content (AvgIpc) is 3.23. The van der Waals surface area contributed by atoms with Gasteiger partial charge in [0.2, 0.25) is 0 Å². The minimum absolute atomic E-state index is 0.00270. The summed E-state index contributed by atoms with van der Waals surface area (Å²) in [6.07, 6.45) is 5.62. The van der Waals surface area contributed by atoms with Crippen molar-refractivity contribution in [2.24, 2.45) is 0 Å². The van der Waals surface area contributed by atoms with Gasteiger partial charge in [-0.25, -0.2) is 4.98 Å². The van der Waals surface area contributed by atoms with Gasteiger partial charge in [0.25, 0.3) is 5.91 Å². The molecule has 0 radical (unpaired) electrons. The van der Waals surface area contributed by atoms with E-state index in [1.807, 2.05) is 42.2 Å². The van der Waals surface area contributed by atoms with Gasteiger partial charge in [-0.3, -0.25) is 9.78 Å². The number of halogens is 1. The third-order valence-corrected chi connectivity index (χ3v) is 5.43. The second kappa shape index (κ2) is 7.60. The predicted molar refractivity (Wildman–Crippen MR) is 112 cm³/mol. The van der Waals surface area contributed by atoms with Crippen LogP contribution in [-0.2, 0) is 0 Å². The van der Waals surface area contributed by atoms with Crippen LogP contribution in [0.5, 0.6) is 0 Å². The summed E-state index contributed by atoms with van der Waals surface area (Å²) >= 11 is 6.52. The molecule has 2 N–H and O–H groups in total. The molecule has 0 aliphatic carbocycles. The number of likely N-dealkylation sites (tertiary alicyclic amines) is 1. The van der Waals surface area contributed by atoms with Gasteiger partial charge < -0.3 is 10.6 Å². The number of nitrogen functional groups attached to an aromatic ring is 1. The molecule has 0 saturated carbocycles. The largest absolute Gasteiger partial charge is 0.384 e. The topological polar surface area (TPSA) is 72.1 Å². The lowest BCUT2D eigenvalue weighted by Gasteiger charge is -2.17. The Morgan fingerprint density at radius 1 is 1.07 bits per heavy atom. The van der Waals surface area contributed by atoms with Crippen molar-refractivity contribution < 1.29 is 4.79 Å². The lowest BCUT2D eigenvalue weighted by molar-refractivity contribution is 0.0793. The highest BCUT2D eigenvalue weighted by molar-refractivity contribution is 6.34. The average molecular weight is 393 g/mol. The lowest BCUT2D eigenvalue weighted by Crippen LogP contribution is -2.27. The van der Waals surface area contributed by atoms with E-state index in [4.69, 9.17) is 17.3 Å². The number of pyridine rings is 2. The standard InChI is InChI=1S/C22H21ClN4O/c1-14-21(16-5-7-20(24)26-13-16)17(8-9-25-14)15-4-6-18(19(23)12-15)22(28)27-10-2-3-11-27/h4-9,12-13H,2-3,10-11H2,1H3,(H2,24,26). The van der Waals surface area contributed by atoms with Crippen molar-refractivity contribution in [3.63, 3.8) is 0 Å². The summed E-state index contributed by atoms with van der Waals surface area (Å²) in [5.74, 6) is 0.475. The third kappa shape index (κ3) is 3.45. The first kappa shape index (κ1) is 18.4. The minimum Gasteiger partial charge on any atom is -0.384 e. The maximum absolute atomic E-state index is 12.7. The molecule has 0 atom stereocenters. The number of hydrogen-bond acceptors (Lipinski definition) is 4. The monoisotopic (exact) mass is 392 g/mol. The number of benzene rings is 1. The fourth-order valence-corrected chi connectivity index (χ4v) is 3.93. The Labute approximate surface area is 169 Å². The van der Waals surface area contributed by atoms with E-state index in [0.717, 1.165) is 53.9 Å². The Kier molecular flexibility index (Phi) is 5.01. The van der Waals surface area contributed by atoms with Crippen LogP contribution in [0.2, 0.25) is 5.02 Å². The van der Waals surface area contributed by atoms with Crippen LogP contribution in [0, 0.1) is 6.92 Å². The molecule has 1 fully saturated rings. The summed E-state index contributed by atoms with van der Waals surface area (Å²) in [7, 11) is 0. The van der Waals surface area contributed by atoms with Gasteiger partial charge in [0.05, 0.1) is 10.6 Å². The number of carbonyl (C=O) groups is 1. The Balaban J connectivity index is 1.76. The van der Waals surface area contributed by atoms with Gasteiger partial charge in [0, 0.05) is 42.3 Å². The predicted octanol–water partition coefficient (Wildman–Crippen LogP) is 4.59. The zero-order valence-corrected chi connectivity index (χ0v) is 16.4. The van der Waals surface area contributed by atoms with Crippen LogP contribution in [0.15, 0.2) is 48.8 Å². The summed E-state index contributed by atoms with van der Waals surface area (Å²) in [5, 5.41) is 0.463. The summed E-state index contributed by atoms with van der Waals surface area (Å²) in [5.41, 5.74) is 11.0. The van der Waals surface area contributed by atoms with Crippen LogP contribution in [-0.4, -0.2) is 33.9 Å². The van der Waals surface area contributed by atoms with Crippen LogP contribution in [0.25, 0.3) is 22.3 Å². The molecule has 2 aromatic heterocycles. The molecule has 0 bridgehead atoms. The highest BCUT2D eigenvalue weighted by Gasteiger charge is 2.22. The van der Waals surface area contributed by atoms with E-state index in [9.17, 15) is 4.79 Å². The number of aryl methyl sites for hydroxylation is 1. The molecule has 3 heterocycles. The van der Waals surface area contributed by atoms with Crippen LogP contribution in [0.1, 0.15) is 28.9 Å². The minimum atomic E-state index is 0.00270. The fourth-order valence-electron chi connectivity index (χ4n) is 3.67. The zero-order valence-electron chi connectivity index (χ0n) is 15.7. The van der Waals surface area contributed by atoms with E-state index in [1.165, 1.54) is 0 Å². The molecule has 1 aliphatic rings. The van der Waals surface area contributed by atoms with E-state index in [0.29, 0.717) is 16.4 Å². The van der Waals surface area contributed by atoms with Gasteiger partial charge in [0.15, 0.2) is 0 Å². The number of rotatable bonds is 3. The molecule has 4 rings (SSSR count). The molecular formula is C22H21ClN4O. The van der Waals surface area contributed by atoms with Crippen LogP contribution in [0.4, 0.5) is 5.82 Å². The van der Waals surface area contributed by atoms with Crippen LogP contribution < -0.4 is 5.73 Å². The van der Waals surface area contributed by atoms with E-state index in [-0.39, 0.29) is 5.91 Å². The first-order chi connectivity index (χ1) is 13.5. The van der Waals surface area contributed by atoms with Gasteiger partial charge in [-0.05, 0) is 61.2 Å². The molecule has 1 aliphatic heterocycles.